The summed E-state index contributed by atoms with van der Waals surface area (Å²) in [7, 11) is -4.63. The van der Waals surface area contributed by atoms with Gasteiger partial charge in [-0.2, -0.15) is 0 Å². The Bertz CT molecular complexity index is 2700. The minimum absolute atomic E-state index is 0.00692. The molecule has 2 saturated heterocycles. The van der Waals surface area contributed by atoms with Crippen LogP contribution in [0.1, 0.15) is 110 Å². The molecule has 2 aromatic carbocycles. The average molecular weight is 903 g/mol. The van der Waals surface area contributed by atoms with Gasteiger partial charge >= 0.3 is 5.69 Å². The van der Waals surface area contributed by atoms with Crippen LogP contribution in [0, 0.1) is 34.3 Å². The molecule has 5 aromatic rings. The molecule has 3 aromatic heterocycles. The summed E-state index contributed by atoms with van der Waals surface area (Å²) < 4.78 is 42.5. The van der Waals surface area contributed by atoms with Gasteiger partial charge in [-0.05, 0) is 117 Å². The first-order valence-electron chi connectivity index (χ1n) is 23.3. The molecule has 1 spiro atoms. The number of fused-ring (bicyclic) bond motifs is 1. The van der Waals surface area contributed by atoms with Gasteiger partial charge in [-0.25, -0.2) is 23.1 Å². The number of rotatable bonds is 13. The van der Waals surface area contributed by atoms with E-state index in [-0.39, 0.29) is 28.2 Å². The molecule has 3 N–H and O–H groups in total. The van der Waals surface area contributed by atoms with E-state index >= 15 is 0 Å². The van der Waals surface area contributed by atoms with Crippen LogP contribution in [-0.2, 0) is 14.8 Å². The molecule has 1 atom stereocenters. The number of benzene rings is 2. The van der Waals surface area contributed by atoms with Gasteiger partial charge in [0.1, 0.15) is 22.0 Å². The van der Waals surface area contributed by atoms with Crippen molar-refractivity contribution >= 4 is 44.2 Å². The summed E-state index contributed by atoms with van der Waals surface area (Å²) >= 11 is 0. The number of amides is 1. The van der Waals surface area contributed by atoms with Crippen LogP contribution in [-0.4, -0.2) is 84.5 Å². The van der Waals surface area contributed by atoms with E-state index in [0.29, 0.717) is 47.8 Å². The molecule has 16 heteroatoms. The van der Waals surface area contributed by atoms with E-state index in [1.54, 1.807) is 30.6 Å². The lowest BCUT2D eigenvalue weighted by Gasteiger charge is -2.57. The molecule has 5 fully saturated rings. The summed E-state index contributed by atoms with van der Waals surface area (Å²) in [6.07, 6.45) is 14.5. The quantitative estimate of drug-likeness (QED) is 0.0754. The van der Waals surface area contributed by atoms with Gasteiger partial charge in [0.15, 0.2) is 0 Å². The normalized spacial score (nSPS) is 22.7. The summed E-state index contributed by atoms with van der Waals surface area (Å²) in [5.74, 6) is 1.27. The van der Waals surface area contributed by atoms with E-state index in [9.17, 15) is 23.3 Å². The summed E-state index contributed by atoms with van der Waals surface area (Å²) in [6.45, 7) is 8.31. The molecule has 3 saturated carbocycles. The number of aromatic amines is 1. The maximum absolute atomic E-state index is 14.1. The third-order valence-electron chi connectivity index (χ3n) is 14.9. The van der Waals surface area contributed by atoms with Crippen LogP contribution in [0.5, 0.6) is 11.5 Å². The zero-order chi connectivity index (χ0) is 44.9. The minimum Gasteiger partial charge on any atom is -0.455 e. The van der Waals surface area contributed by atoms with Gasteiger partial charge in [-0.3, -0.25) is 19.8 Å². The van der Waals surface area contributed by atoms with Crippen molar-refractivity contribution in [3.63, 3.8) is 0 Å². The monoisotopic (exact) mass is 902 g/mol. The van der Waals surface area contributed by atoms with Crippen molar-refractivity contribution in [3.05, 3.63) is 106 Å². The maximum atomic E-state index is 14.1. The van der Waals surface area contributed by atoms with Crippen molar-refractivity contribution in [2.75, 3.05) is 49.6 Å². The lowest BCUT2D eigenvalue weighted by molar-refractivity contribution is -0.384. The highest BCUT2D eigenvalue weighted by molar-refractivity contribution is 7.90. The highest BCUT2D eigenvalue weighted by Crippen LogP contribution is 2.54. The second-order valence-corrected chi connectivity index (χ2v) is 20.9. The number of carbonyl (C=O) groups is 1. The van der Waals surface area contributed by atoms with E-state index in [4.69, 9.17) is 9.47 Å². The number of pyridine rings is 2. The summed E-state index contributed by atoms with van der Waals surface area (Å²) in [5.41, 5.74) is 4.27. The van der Waals surface area contributed by atoms with Crippen molar-refractivity contribution in [1.29, 1.82) is 0 Å². The fourth-order valence-corrected chi connectivity index (χ4v) is 12.1. The summed E-state index contributed by atoms with van der Waals surface area (Å²) in [5, 5.41) is 16.1. The fraction of sp³-hybridized carbons (Fsp3) is 0.490. The number of ether oxygens (including phenoxy) is 2. The smallest absolute Gasteiger partial charge is 0.312 e. The Balaban J connectivity index is 0.849. The molecule has 0 bridgehead atoms. The van der Waals surface area contributed by atoms with Crippen LogP contribution >= 0.6 is 0 Å². The Morgan fingerprint density at radius 1 is 1.00 bits per heavy atom. The molecule has 342 valence electrons. The molecule has 10 rings (SSSR count). The van der Waals surface area contributed by atoms with Gasteiger partial charge in [0.05, 0.1) is 41.6 Å². The van der Waals surface area contributed by atoms with Crippen molar-refractivity contribution < 1.29 is 27.6 Å². The van der Waals surface area contributed by atoms with Crippen LogP contribution in [0.4, 0.5) is 17.2 Å². The predicted octanol–water partition coefficient (Wildman–Crippen LogP) is 9.02. The number of nitro groups is 1. The number of hydrogen-bond acceptors (Lipinski definition) is 12. The van der Waals surface area contributed by atoms with E-state index in [1.807, 2.05) is 12.1 Å². The molecular formula is C49H58N8O7S. The van der Waals surface area contributed by atoms with Gasteiger partial charge in [0, 0.05) is 61.6 Å². The summed E-state index contributed by atoms with van der Waals surface area (Å²) in [4.78, 5) is 42.1. The van der Waals surface area contributed by atoms with Crippen molar-refractivity contribution in [2.24, 2.45) is 17.3 Å². The first kappa shape index (κ1) is 43.3. The van der Waals surface area contributed by atoms with Crippen molar-refractivity contribution in [1.82, 2.24) is 24.6 Å². The minimum atomic E-state index is -4.63. The highest BCUT2D eigenvalue weighted by atomic mass is 32.2. The fourth-order valence-electron chi connectivity index (χ4n) is 10.9. The Hall–Kier alpha value is -5.58. The number of carbonyl (C=O) groups excluding carboxylic acids is 1. The number of H-pyrrole nitrogens is 1. The molecule has 5 aliphatic rings. The largest absolute Gasteiger partial charge is 0.455 e. The van der Waals surface area contributed by atoms with Crippen molar-refractivity contribution in [3.8, 4) is 11.5 Å². The average Bonchev–Trinajstić information content (AvgIpc) is 4.04. The maximum Gasteiger partial charge on any atom is 0.312 e. The molecule has 15 nitrogen and oxygen atoms in total. The molecule has 3 aliphatic carbocycles. The first-order valence-corrected chi connectivity index (χ1v) is 24.8. The van der Waals surface area contributed by atoms with E-state index < -0.39 is 31.4 Å². The number of piperidine rings is 1. The van der Waals surface area contributed by atoms with E-state index in [1.165, 1.54) is 30.9 Å². The number of hydrogen-bond donors (Lipinski definition) is 3. The third kappa shape index (κ3) is 9.04. The first-order chi connectivity index (χ1) is 31.4. The second-order valence-electron chi connectivity index (χ2n) is 19.3. The summed E-state index contributed by atoms with van der Waals surface area (Å²) in [6, 6.07) is 19.6. The Kier molecular flexibility index (Phi) is 11.8. The third-order valence-corrected chi connectivity index (χ3v) is 16.4. The topological polar surface area (TPSA) is 185 Å². The van der Waals surface area contributed by atoms with Gasteiger partial charge in [-0.1, -0.05) is 44.0 Å². The number of morpholine rings is 1. The van der Waals surface area contributed by atoms with Gasteiger partial charge < -0.3 is 24.7 Å². The lowest BCUT2D eigenvalue weighted by Crippen LogP contribution is -2.58. The zero-order valence-electron chi connectivity index (χ0n) is 37.1. The molecular weight excluding hydrogens is 845 g/mol. The molecule has 2 aliphatic heterocycles. The van der Waals surface area contributed by atoms with Gasteiger partial charge in [0.25, 0.3) is 15.9 Å². The van der Waals surface area contributed by atoms with E-state index in [2.05, 4.69) is 66.0 Å². The number of aromatic nitrogens is 3. The van der Waals surface area contributed by atoms with Gasteiger partial charge in [0.2, 0.25) is 5.82 Å². The zero-order valence-corrected chi connectivity index (χ0v) is 37.9. The van der Waals surface area contributed by atoms with E-state index in [0.717, 1.165) is 101 Å². The Labute approximate surface area is 379 Å². The number of nitrogens with zero attached hydrogens (tertiary/aromatic N) is 5. The number of nitrogens with one attached hydrogen (secondary N) is 3. The van der Waals surface area contributed by atoms with Crippen LogP contribution < -0.4 is 19.7 Å². The SMILES string of the molecule is Cc1nc(NC[C@H]2CC[C@@H](C)CC2)c([N+](=O)[O-])cc1S(=O)(=O)NC(=O)c1ccc(N2CCC3(CC2)CC(N2CCOC[C@H]2c2ccccc2C2CC2)C3)cc1Oc1cnc2[nH]ccc2c1. The van der Waals surface area contributed by atoms with Crippen LogP contribution in [0.2, 0.25) is 0 Å². The van der Waals surface area contributed by atoms with Crippen LogP contribution in [0.3, 0.4) is 0 Å². The number of sulfonamides is 1. The Morgan fingerprint density at radius 3 is 2.52 bits per heavy atom. The molecule has 0 radical (unpaired) electrons. The van der Waals surface area contributed by atoms with Crippen molar-refractivity contribution in [2.45, 2.75) is 101 Å². The Morgan fingerprint density at radius 2 is 1.77 bits per heavy atom. The number of anilines is 2. The molecule has 65 heavy (non-hydrogen) atoms. The predicted molar refractivity (Wildman–Crippen MR) is 248 cm³/mol. The molecule has 0 unspecified atom stereocenters. The molecule has 1 amide bonds. The second kappa shape index (κ2) is 17.7. The van der Waals surface area contributed by atoms with Crippen LogP contribution in [0.25, 0.3) is 11.0 Å². The number of aryl methyl sites for hydroxylation is 1. The lowest BCUT2D eigenvalue weighted by atomic mass is 9.59. The highest BCUT2D eigenvalue weighted by Gasteiger charge is 2.50. The molecule has 5 heterocycles. The van der Waals surface area contributed by atoms with Gasteiger partial charge in [-0.15, -0.1) is 0 Å². The van der Waals surface area contributed by atoms with Crippen LogP contribution in [0.15, 0.2) is 78.0 Å². The standard InChI is InChI=1S/C49H58N8O7S/c1-31-7-9-33(10-8-31)28-51-47-42(57(59)60)25-45(32(2)53-47)65(61,62)54-48(58)41-14-13-36(24-44(41)64-38-23-35-15-18-50-46(35)52-29-38)55-19-16-49(17-20-55)26-37(27-49)56-21-22-63-30-43(56)40-6-4-3-5-39(40)34-11-12-34/h3-6,13-15,18,23-25,29,31,33-34,37,43H,7-12,16-17,19-22,26-28,30H2,1-2H3,(H,50,52)(H,51,53)(H,54,58)/t31-,33+,43-/m0/s1.